The van der Waals surface area contributed by atoms with Gasteiger partial charge in [0.15, 0.2) is 0 Å². The quantitative estimate of drug-likeness (QED) is 0.703. The van der Waals surface area contributed by atoms with E-state index < -0.39 is 6.04 Å². The van der Waals surface area contributed by atoms with Gasteiger partial charge in [0.1, 0.15) is 6.04 Å². The third-order valence-electron chi connectivity index (χ3n) is 3.07. The fourth-order valence-electron chi connectivity index (χ4n) is 1.81. The molecule has 0 heterocycles. The number of carbonyl (C=O) groups is 2. The SMILES string of the molecule is CC(=O)N[C@@H](CS)C(=O)NCc1ccc(C(C)C)cc1Cl. The highest BCUT2D eigenvalue weighted by Crippen LogP contribution is 2.22. The summed E-state index contributed by atoms with van der Waals surface area (Å²) in [6.07, 6.45) is 0. The van der Waals surface area contributed by atoms with E-state index in [1.54, 1.807) is 0 Å². The van der Waals surface area contributed by atoms with E-state index in [4.69, 9.17) is 11.6 Å². The zero-order valence-electron chi connectivity index (χ0n) is 12.4. The summed E-state index contributed by atoms with van der Waals surface area (Å²) in [6, 6.07) is 5.19. The average molecular weight is 329 g/mol. The second-order valence-electron chi connectivity index (χ2n) is 5.16. The van der Waals surface area contributed by atoms with Crippen molar-refractivity contribution in [3.05, 3.63) is 34.3 Å². The molecule has 1 aromatic carbocycles. The molecule has 0 saturated carbocycles. The maximum atomic E-state index is 12.0. The molecule has 116 valence electrons. The van der Waals surface area contributed by atoms with Gasteiger partial charge in [-0.15, -0.1) is 0 Å². The topological polar surface area (TPSA) is 58.2 Å². The number of halogens is 1. The van der Waals surface area contributed by atoms with Crippen LogP contribution in [0.3, 0.4) is 0 Å². The summed E-state index contributed by atoms with van der Waals surface area (Å²) in [4.78, 5) is 23.0. The van der Waals surface area contributed by atoms with Gasteiger partial charge in [-0.25, -0.2) is 0 Å². The Hall–Kier alpha value is -1.20. The summed E-state index contributed by atoms with van der Waals surface area (Å²) in [5.74, 6) is 0.109. The van der Waals surface area contributed by atoms with Gasteiger partial charge in [0.25, 0.3) is 0 Å². The van der Waals surface area contributed by atoms with E-state index in [1.165, 1.54) is 6.92 Å². The lowest BCUT2D eigenvalue weighted by Gasteiger charge is -2.16. The van der Waals surface area contributed by atoms with Crippen molar-refractivity contribution in [2.24, 2.45) is 0 Å². The van der Waals surface area contributed by atoms with Crippen molar-refractivity contribution >= 4 is 36.0 Å². The Bertz CT molecular complexity index is 520. The molecular weight excluding hydrogens is 308 g/mol. The number of thiol groups is 1. The molecule has 0 radical (unpaired) electrons. The Morgan fingerprint density at radius 2 is 2.00 bits per heavy atom. The van der Waals surface area contributed by atoms with Crippen molar-refractivity contribution in [2.45, 2.75) is 39.3 Å². The van der Waals surface area contributed by atoms with E-state index in [0.717, 1.165) is 11.1 Å². The maximum Gasteiger partial charge on any atom is 0.243 e. The molecule has 0 aliphatic heterocycles. The lowest BCUT2D eigenvalue weighted by Crippen LogP contribution is -2.47. The van der Waals surface area contributed by atoms with Gasteiger partial charge in [-0.1, -0.05) is 37.6 Å². The highest BCUT2D eigenvalue weighted by molar-refractivity contribution is 7.80. The van der Waals surface area contributed by atoms with Gasteiger partial charge < -0.3 is 10.6 Å². The van der Waals surface area contributed by atoms with E-state index in [-0.39, 0.29) is 17.6 Å². The highest BCUT2D eigenvalue weighted by Gasteiger charge is 2.17. The molecule has 4 nitrogen and oxygen atoms in total. The first kappa shape index (κ1) is 17.9. The van der Waals surface area contributed by atoms with Gasteiger partial charge in [0.2, 0.25) is 11.8 Å². The number of benzene rings is 1. The van der Waals surface area contributed by atoms with E-state index >= 15 is 0 Å². The molecule has 6 heteroatoms. The number of hydrogen-bond donors (Lipinski definition) is 3. The zero-order chi connectivity index (χ0) is 16.0. The second-order valence-corrected chi connectivity index (χ2v) is 5.93. The number of amides is 2. The Morgan fingerprint density at radius 3 is 2.48 bits per heavy atom. The molecule has 0 fully saturated rings. The summed E-state index contributed by atoms with van der Waals surface area (Å²) >= 11 is 10.3. The van der Waals surface area contributed by atoms with Crippen LogP contribution in [0, 0.1) is 0 Å². The minimum absolute atomic E-state index is 0.242. The monoisotopic (exact) mass is 328 g/mol. The molecule has 2 amide bonds. The summed E-state index contributed by atoms with van der Waals surface area (Å²) < 4.78 is 0. The third-order valence-corrected chi connectivity index (χ3v) is 3.79. The Balaban J connectivity index is 2.66. The summed E-state index contributed by atoms with van der Waals surface area (Å²) in [7, 11) is 0. The van der Waals surface area contributed by atoms with Crippen LogP contribution in [0.2, 0.25) is 5.02 Å². The third kappa shape index (κ3) is 5.59. The average Bonchev–Trinajstić information content (AvgIpc) is 2.42. The van der Waals surface area contributed by atoms with E-state index in [2.05, 4.69) is 37.1 Å². The fraction of sp³-hybridized carbons (Fsp3) is 0.467. The van der Waals surface area contributed by atoms with Gasteiger partial charge >= 0.3 is 0 Å². The highest BCUT2D eigenvalue weighted by atomic mass is 35.5. The van der Waals surface area contributed by atoms with Crippen LogP contribution in [0.15, 0.2) is 18.2 Å². The van der Waals surface area contributed by atoms with Crippen molar-refractivity contribution in [1.82, 2.24) is 10.6 Å². The van der Waals surface area contributed by atoms with Crippen LogP contribution in [0.4, 0.5) is 0 Å². The lowest BCUT2D eigenvalue weighted by molar-refractivity contribution is -0.127. The first-order valence-corrected chi connectivity index (χ1v) is 7.80. The van der Waals surface area contributed by atoms with Gasteiger partial charge in [0.05, 0.1) is 0 Å². The van der Waals surface area contributed by atoms with Crippen LogP contribution in [0.5, 0.6) is 0 Å². The lowest BCUT2D eigenvalue weighted by atomic mass is 10.0. The Kier molecular flexibility index (Phi) is 7.05. The number of carbonyl (C=O) groups excluding carboxylic acids is 2. The predicted molar refractivity (Wildman–Crippen MR) is 88.8 cm³/mol. The molecule has 0 aromatic heterocycles. The summed E-state index contributed by atoms with van der Waals surface area (Å²) in [5, 5.41) is 5.93. The smallest absolute Gasteiger partial charge is 0.243 e. The Labute approximate surface area is 136 Å². The number of nitrogens with one attached hydrogen (secondary N) is 2. The first-order chi connectivity index (χ1) is 9.85. The van der Waals surface area contributed by atoms with Crippen molar-refractivity contribution in [2.75, 3.05) is 5.75 Å². The molecule has 0 unspecified atom stereocenters. The molecule has 1 atom stereocenters. The number of rotatable bonds is 6. The van der Waals surface area contributed by atoms with E-state index in [1.807, 2.05) is 18.2 Å². The van der Waals surface area contributed by atoms with Crippen LogP contribution < -0.4 is 10.6 Å². The molecule has 0 bridgehead atoms. The molecule has 0 saturated heterocycles. The van der Waals surface area contributed by atoms with Crippen LogP contribution in [0.25, 0.3) is 0 Å². The van der Waals surface area contributed by atoms with Crippen LogP contribution in [0.1, 0.15) is 37.8 Å². The molecular formula is C15H21ClN2O2S. The molecule has 0 aliphatic carbocycles. The van der Waals surface area contributed by atoms with Crippen LogP contribution >= 0.6 is 24.2 Å². The second kappa shape index (κ2) is 8.29. The van der Waals surface area contributed by atoms with E-state index in [0.29, 0.717) is 17.5 Å². The largest absolute Gasteiger partial charge is 0.350 e. The summed E-state index contributed by atoms with van der Waals surface area (Å²) in [5.41, 5.74) is 2.00. The molecule has 1 aromatic rings. The Morgan fingerprint density at radius 1 is 1.33 bits per heavy atom. The first-order valence-electron chi connectivity index (χ1n) is 6.79. The van der Waals surface area contributed by atoms with Gasteiger partial charge in [-0.3, -0.25) is 9.59 Å². The minimum Gasteiger partial charge on any atom is -0.350 e. The van der Waals surface area contributed by atoms with Crippen LogP contribution in [-0.4, -0.2) is 23.6 Å². The van der Waals surface area contributed by atoms with Gasteiger partial charge in [-0.05, 0) is 23.1 Å². The summed E-state index contributed by atoms with van der Waals surface area (Å²) in [6.45, 7) is 5.88. The molecule has 21 heavy (non-hydrogen) atoms. The molecule has 0 spiro atoms. The minimum atomic E-state index is -0.639. The maximum absolute atomic E-state index is 12.0. The standard InChI is InChI=1S/C15H21ClN2O2S/c1-9(2)11-4-5-12(13(16)6-11)7-17-15(20)14(8-21)18-10(3)19/h4-6,9,14,21H,7-8H2,1-3H3,(H,17,20)(H,18,19)/t14-/m0/s1. The van der Waals surface area contributed by atoms with Crippen molar-refractivity contribution < 1.29 is 9.59 Å². The number of hydrogen-bond acceptors (Lipinski definition) is 3. The fourth-order valence-corrected chi connectivity index (χ4v) is 2.32. The normalized spacial score (nSPS) is 12.1. The van der Waals surface area contributed by atoms with Crippen molar-refractivity contribution in [3.63, 3.8) is 0 Å². The van der Waals surface area contributed by atoms with Crippen LogP contribution in [-0.2, 0) is 16.1 Å². The van der Waals surface area contributed by atoms with E-state index in [9.17, 15) is 9.59 Å². The van der Waals surface area contributed by atoms with Crippen molar-refractivity contribution in [3.8, 4) is 0 Å². The molecule has 0 aliphatic rings. The van der Waals surface area contributed by atoms with Gasteiger partial charge in [0, 0.05) is 24.2 Å². The zero-order valence-corrected chi connectivity index (χ0v) is 14.1. The molecule has 1 rings (SSSR count). The molecule has 2 N–H and O–H groups in total. The predicted octanol–water partition coefficient (Wildman–Crippen LogP) is 2.51. The van der Waals surface area contributed by atoms with Crippen molar-refractivity contribution in [1.29, 1.82) is 0 Å². The van der Waals surface area contributed by atoms with Gasteiger partial charge in [-0.2, -0.15) is 12.6 Å².